The lowest BCUT2D eigenvalue weighted by molar-refractivity contribution is 0.415. The summed E-state index contributed by atoms with van der Waals surface area (Å²) >= 11 is 9.68. The summed E-state index contributed by atoms with van der Waals surface area (Å²) in [5.74, 6) is 1.42. The first-order valence-electron chi connectivity index (χ1n) is 6.21. The van der Waals surface area contributed by atoms with Crippen molar-refractivity contribution in [3.63, 3.8) is 0 Å². The number of halogens is 2. The van der Waals surface area contributed by atoms with E-state index in [4.69, 9.17) is 16.3 Å². The molecule has 0 N–H and O–H groups in total. The van der Waals surface area contributed by atoms with Gasteiger partial charge < -0.3 is 4.74 Å². The third-order valence-corrected chi connectivity index (χ3v) is 4.12. The third-order valence-electron chi connectivity index (χ3n) is 2.87. The van der Waals surface area contributed by atoms with Crippen LogP contribution in [0.3, 0.4) is 0 Å². The lowest BCUT2D eigenvalue weighted by Crippen LogP contribution is -2.16. The van der Waals surface area contributed by atoms with E-state index >= 15 is 0 Å². The highest BCUT2D eigenvalue weighted by atomic mass is 79.9. The summed E-state index contributed by atoms with van der Waals surface area (Å²) < 4.78 is 5.91. The maximum absolute atomic E-state index is 6.21. The van der Waals surface area contributed by atoms with Crippen LogP contribution in [0.5, 0.6) is 5.75 Å². The van der Waals surface area contributed by atoms with Gasteiger partial charge in [-0.2, -0.15) is 0 Å². The topological polar surface area (TPSA) is 35.0 Å². The molecule has 0 aliphatic rings. The van der Waals surface area contributed by atoms with Crippen LogP contribution in [0.1, 0.15) is 26.5 Å². The maximum Gasteiger partial charge on any atom is 0.161 e. The average Bonchev–Trinajstić information content (AvgIpc) is 2.40. The minimum absolute atomic E-state index is 0.118. The molecule has 1 heterocycles. The summed E-state index contributed by atoms with van der Waals surface area (Å²) in [5.41, 5.74) is 1.68. The van der Waals surface area contributed by atoms with E-state index in [9.17, 15) is 0 Å². The first-order valence-corrected chi connectivity index (χ1v) is 7.38. The Labute approximate surface area is 132 Å². The number of aromatic nitrogens is 2. The largest absolute Gasteiger partial charge is 0.497 e. The number of rotatable bonds is 2. The average molecular weight is 356 g/mol. The van der Waals surface area contributed by atoms with Gasteiger partial charge in [0.15, 0.2) is 5.82 Å². The predicted octanol–water partition coefficient (Wildman–Crippen LogP) is 4.87. The van der Waals surface area contributed by atoms with Crippen molar-refractivity contribution in [2.45, 2.75) is 26.2 Å². The fraction of sp³-hybridized carbons (Fsp3) is 0.333. The van der Waals surface area contributed by atoms with Crippen LogP contribution in [0, 0.1) is 0 Å². The second kappa shape index (κ2) is 5.70. The molecule has 0 saturated carbocycles. The lowest BCUT2D eigenvalue weighted by Gasteiger charge is -2.20. The second-order valence-corrected chi connectivity index (χ2v) is 6.63. The molecule has 0 aliphatic carbocycles. The molecule has 0 bridgehead atoms. The van der Waals surface area contributed by atoms with Crippen molar-refractivity contribution in [3.8, 4) is 17.1 Å². The minimum atomic E-state index is -0.118. The first-order chi connectivity index (χ1) is 9.32. The SMILES string of the molecule is COc1ccc(-c2nc(Cl)c(Br)c(C(C)(C)C)n2)cc1. The fourth-order valence-electron chi connectivity index (χ4n) is 1.79. The van der Waals surface area contributed by atoms with Gasteiger partial charge in [0.25, 0.3) is 0 Å². The standard InChI is InChI=1S/C15H16BrClN2O/c1-15(2,3)12-11(16)13(17)19-14(18-12)9-5-7-10(20-4)8-6-9/h5-8H,1-4H3. The Kier molecular flexibility index (Phi) is 4.35. The Morgan fingerprint density at radius 2 is 1.70 bits per heavy atom. The number of nitrogens with zero attached hydrogens (tertiary/aromatic N) is 2. The molecule has 0 amide bonds. The Balaban J connectivity index is 2.54. The number of hydrogen-bond donors (Lipinski definition) is 0. The highest BCUT2D eigenvalue weighted by Gasteiger charge is 2.23. The summed E-state index contributed by atoms with van der Waals surface area (Å²) in [6.07, 6.45) is 0. The van der Waals surface area contributed by atoms with Crippen molar-refractivity contribution in [1.29, 1.82) is 0 Å². The zero-order chi connectivity index (χ0) is 14.9. The Bertz CT molecular complexity index is 621. The second-order valence-electron chi connectivity index (χ2n) is 5.48. The lowest BCUT2D eigenvalue weighted by atomic mass is 9.92. The molecule has 0 radical (unpaired) electrons. The van der Waals surface area contributed by atoms with E-state index in [1.807, 2.05) is 24.3 Å². The van der Waals surface area contributed by atoms with Gasteiger partial charge >= 0.3 is 0 Å². The van der Waals surface area contributed by atoms with Crippen LogP contribution in [0.15, 0.2) is 28.7 Å². The highest BCUT2D eigenvalue weighted by molar-refractivity contribution is 9.10. The number of ether oxygens (including phenoxy) is 1. The first kappa shape index (κ1) is 15.3. The maximum atomic E-state index is 6.21. The Hall–Kier alpha value is -1.13. The summed E-state index contributed by atoms with van der Waals surface area (Å²) in [6, 6.07) is 7.60. The van der Waals surface area contributed by atoms with E-state index in [0.29, 0.717) is 11.0 Å². The number of hydrogen-bond acceptors (Lipinski definition) is 3. The van der Waals surface area contributed by atoms with Gasteiger partial charge in [0.05, 0.1) is 17.3 Å². The monoisotopic (exact) mass is 354 g/mol. The third kappa shape index (κ3) is 3.13. The van der Waals surface area contributed by atoms with Crippen LogP contribution in [0.2, 0.25) is 5.15 Å². The molecule has 1 aromatic heterocycles. The van der Waals surface area contributed by atoms with Gasteiger partial charge in [0.2, 0.25) is 0 Å². The molecule has 2 rings (SSSR count). The van der Waals surface area contributed by atoms with Gasteiger partial charge in [-0.3, -0.25) is 0 Å². The molecule has 1 aromatic carbocycles. The molecule has 3 nitrogen and oxygen atoms in total. The summed E-state index contributed by atoms with van der Waals surface area (Å²) in [6.45, 7) is 6.27. The number of methoxy groups -OCH3 is 1. The van der Waals surface area contributed by atoms with Crippen molar-refractivity contribution < 1.29 is 4.74 Å². The van der Waals surface area contributed by atoms with Crippen LogP contribution in [-0.4, -0.2) is 17.1 Å². The van der Waals surface area contributed by atoms with E-state index in [1.54, 1.807) is 7.11 Å². The van der Waals surface area contributed by atoms with Gasteiger partial charge in [-0.25, -0.2) is 9.97 Å². The van der Waals surface area contributed by atoms with Gasteiger partial charge in [-0.05, 0) is 40.2 Å². The molecule has 2 aromatic rings. The van der Waals surface area contributed by atoms with Gasteiger partial charge in [0, 0.05) is 11.0 Å². The zero-order valence-electron chi connectivity index (χ0n) is 11.9. The van der Waals surface area contributed by atoms with E-state index in [1.165, 1.54) is 0 Å². The minimum Gasteiger partial charge on any atom is -0.497 e. The van der Waals surface area contributed by atoms with E-state index < -0.39 is 0 Å². The molecule has 0 aliphatic heterocycles. The molecule has 0 spiro atoms. The molecule has 20 heavy (non-hydrogen) atoms. The number of benzene rings is 1. The molecule has 0 fully saturated rings. The molecule has 106 valence electrons. The molecule has 0 unspecified atom stereocenters. The van der Waals surface area contributed by atoms with Gasteiger partial charge in [-0.1, -0.05) is 32.4 Å². The predicted molar refractivity (Wildman–Crippen MR) is 85.4 cm³/mol. The van der Waals surface area contributed by atoms with E-state index in [-0.39, 0.29) is 5.41 Å². The quantitative estimate of drug-likeness (QED) is 0.721. The van der Waals surface area contributed by atoms with Crippen molar-refractivity contribution in [2.75, 3.05) is 7.11 Å². The molecular formula is C15H16BrClN2O. The van der Waals surface area contributed by atoms with Crippen molar-refractivity contribution >= 4 is 27.5 Å². The summed E-state index contributed by atoms with van der Waals surface area (Å²) in [4.78, 5) is 8.99. The smallest absolute Gasteiger partial charge is 0.161 e. The molecule has 0 atom stereocenters. The van der Waals surface area contributed by atoms with Gasteiger partial charge in [0.1, 0.15) is 10.9 Å². The molecular weight excluding hydrogens is 340 g/mol. The fourth-order valence-corrected chi connectivity index (χ4v) is 2.73. The van der Waals surface area contributed by atoms with Crippen molar-refractivity contribution in [1.82, 2.24) is 9.97 Å². The Morgan fingerprint density at radius 1 is 1.10 bits per heavy atom. The van der Waals surface area contributed by atoms with Crippen LogP contribution in [0.4, 0.5) is 0 Å². The normalized spacial score (nSPS) is 11.5. The van der Waals surface area contributed by atoms with Crippen molar-refractivity contribution in [2.24, 2.45) is 0 Å². The highest BCUT2D eigenvalue weighted by Crippen LogP contribution is 2.34. The van der Waals surface area contributed by atoms with Crippen LogP contribution in [0.25, 0.3) is 11.4 Å². The van der Waals surface area contributed by atoms with Crippen LogP contribution >= 0.6 is 27.5 Å². The molecule has 5 heteroatoms. The Morgan fingerprint density at radius 3 is 2.20 bits per heavy atom. The summed E-state index contributed by atoms with van der Waals surface area (Å²) in [7, 11) is 1.64. The van der Waals surface area contributed by atoms with E-state index in [0.717, 1.165) is 21.5 Å². The van der Waals surface area contributed by atoms with Crippen molar-refractivity contribution in [3.05, 3.63) is 39.6 Å². The van der Waals surface area contributed by atoms with Crippen LogP contribution < -0.4 is 4.74 Å². The summed E-state index contributed by atoms with van der Waals surface area (Å²) in [5, 5.41) is 0.427. The zero-order valence-corrected chi connectivity index (χ0v) is 14.2. The van der Waals surface area contributed by atoms with Gasteiger partial charge in [-0.15, -0.1) is 0 Å². The van der Waals surface area contributed by atoms with Crippen LogP contribution in [-0.2, 0) is 5.41 Å². The van der Waals surface area contributed by atoms with E-state index in [2.05, 4.69) is 46.7 Å². The molecule has 0 saturated heterocycles.